The highest BCUT2D eigenvalue weighted by Gasteiger charge is 2.34. The van der Waals surface area contributed by atoms with E-state index in [1.54, 1.807) is 30.3 Å². The minimum atomic E-state index is -4.07. The van der Waals surface area contributed by atoms with E-state index in [9.17, 15) is 18.0 Å². The highest BCUT2D eigenvalue weighted by molar-refractivity contribution is 7.92. The number of aryl methyl sites for hydroxylation is 2. The van der Waals surface area contributed by atoms with Gasteiger partial charge < -0.3 is 10.2 Å². The van der Waals surface area contributed by atoms with Crippen molar-refractivity contribution in [2.75, 3.05) is 17.9 Å². The number of nitrogens with zero attached hydrogens (tertiary/aromatic N) is 2. The van der Waals surface area contributed by atoms with Gasteiger partial charge in [-0.25, -0.2) is 8.42 Å². The summed E-state index contributed by atoms with van der Waals surface area (Å²) in [5.74, 6) is -0.753. The molecule has 0 fully saturated rings. The van der Waals surface area contributed by atoms with Gasteiger partial charge in [-0.15, -0.1) is 0 Å². The molecule has 1 atom stereocenters. The standard InChI is InChI=1S/C29H35N3O4S/c1-5-24-15-10-11-18-27(24)32(37(35,36)25-16-8-7-9-17-25)21-28(33)31(26(6-2)29(34)30-4)20-23-14-12-13-22(3)19-23/h7-19,26H,5-6,20-21H2,1-4H3,(H,30,34)/t26-/m1/s1. The van der Waals surface area contributed by atoms with Gasteiger partial charge in [0.15, 0.2) is 0 Å². The zero-order valence-electron chi connectivity index (χ0n) is 21.8. The predicted molar refractivity (Wildman–Crippen MR) is 147 cm³/mol. The Labute approximate surface area is 220 Å². The number of likely N-dealkylation sites (N-methyl/N-ethyl adjacent to an activating group) is 1. The molecule has 0 aliphatic carbocycles. The first-order chi connectivity index (χ1) is 17.7. The second-order valence-corrected chi connectivity index (χ2v) is 10.7. The van der Waals surface area contributed by atoms with E-state index in [0.29, 0.717) is 18.5 Å². The number of amides is 2. The summed E-state index contributed by atoms with van der Waals surface area (Å²) in [6, 6.07) is 22.2. The van der Waals surface area contributed by atoms with Crippen molar-refractivity contribution < 1.29 is 18.0 Å². The average molecular weight is 522 g/mol. The van der Waals surface area contributed by atoms with Crippen molar-refractivity contribution in [3.8, 4) is 0 Å². The van der Waals surface area contributed by atoms with Crippen molar-refractivity contribution in [2.24, 2.45) is 0 Å². The van der Waals surface area contributed by atoms with Gasteiger partial charge in [0.1, 0.15) is 12.6 Å². The van der Waals surface area contributed by atoms with E-state index >= 15 is 0 Å². The van der Waals surface area contributed by atoms with Crippen LogP contribution in [0.25, 0.3) is 0 Å². The van der Waals surface area contributed by atoms with Crippen molar-refractivity contribution in [3.63, 3.8) is 0 Å². The third-order valence-electron chi connectivity index (χ3n) is 6.32. The van der Waals surface area contributed by atoms with Crippen molar-refractivity contribution in [1.29, 1.82) is 0 Å². The van der Waals surface area contributed by atoms with E-state index in [1.807, 2.05) is 57.2 Å². The first-order valence-corrected chi connectivity index (χ1v) is 13.9. The van der Waals surface area contributed by atoms with Crippen molar-refractivity contribution in [3.05, 3.63) is 95.6 Å². The molecular formula is C29H35N3O4S. The summed E-state index contributed by atoms with van der Waals surface area (Å²) in [5.41, 5.74) is 3.15. The molecule has 196 valence electrons. The average Bonchev–Trinajstić information content (AvgIpc) is 2.91. The van der Waals surface area contributed by atoms with Crippen LogP contribution in [0.2, 0.25) is 0 Å². The molecule has 1 N–H and O–H groups in total. The van der Waals surface area contributed by atoms with E-state index in [-0.39, 0.29) is 17.3 Å². The number of benzene rings is 3. The zero-order valence-corrected chi connectivity index (χ0v) is 22.7. The first-order valence-electron chi connectivity index (χ1n) is 12.4. The summed E-state index contributed by atoms with van der Waals surface area (Å²) < 4.78 is 28.9. The number of para-hydroxylation sites is 1. The van der Waals surface area contributed by atoms with Crippen LogP contribution in [0.4, 0.5) is 5.69 Å². The van der Waals surface area contributed by atoms with E-state index < -0.39 is 28.5 Å². The van der Waals surface area contributed by atoms with Crippen molar-refractivity contribution in [1.82, 2.24) is 10.2 Å². The van der Waals surface area contributed by atoms with Gasteiger partial charge in [-0.3, -0.25) is 13.9 Å². The van der Waals surface area contributed by atoms with Gasteiger partial charge in [0, 0.05) is 13.6 Å². The summed E-state index contributed by atoms with van der Waals surface area (Å²) in [5, 5.41) is 2.64. The number of sulfonamides is 1. The number of carbonyl (C=O) groups excluding carboxylic acids is 2. The molecule has 0 unspecified atom stereocenters. The molecule has 0 bridgehead atoms. The molecule has 0 heterocycles. The maximum atomic E-state index is 14.0. The maximum Gasteiger partial charge on any atom is 0.264 e. The second kappa shape index (κ2) is 12.5. The van der Waals surface area contributed by atoms with Gasteiger partial charge in [-0.2, -0.15) is 0 Å². The Balaban J connectivity index is 2.09. The Morgan fingerprint density at radius 3 is 2.22 bits per heavy atom. The largest absolute Gasteiger partial charge is 0.357 e. The Hall–Kier alpha value is -3.65. The summed E-state index contributed by atoms with van der Waals surface area (Å²) >= 11 is 0. The zero-order chi connectivity index (χ0) is 27.0. The van der Waals surface area contributed by atoms with Gasteiger partial charge >= 0.3 is 0 Å². The molecule has 0 aliphatic heterocycles. The third-order valence-corrected chi connectivity index (χ3v) is 8.09. The van der Waals surface area contributed by atoms with E-state index in [4.69, 9.17) is 0 Å². The fourth-order valence-corrected chi connectivity index (χ4v) is 5.85. The lowest BCUT2D eigenvalue weighted by molar-refractivity contribution is -0.140. The van der Waals surface area contributed by atoms with Crippen LogP contribution in [0.15, 0.2) is 83.8 Å². The Morgan fingerprint density at radius 2 is 1.59 bits per heavy atom. The first kappa shape index (κ1) is 27.9. The van der Waals surface area contributed by atoms with Crippen LogP contribution < -0.4 is 9.62 Å². The highest BCUT2D eigenvalue weighted by atomic mass is 32.2. The van der Waals surface area contributed by atoms with Crippen LogP contribution >= 0.6 is 0 Å². The summed E-state index contributed by atoms with van der Waals surface area (Å²) in [7, 11) is -2.54. The number of hydrogen-bond acceptors (Lipinski definition) is 4. The second-order valence-electron chi connectivity index (χ2n) is 8.86. The van der Waals surface area contributed by atoms with Crippen LogP contribution in [-0.4, -0.2) is 44.8 Å². The van der Waals surface area contributed by atoms with Crippen LogP contribution in [0, 0.1) is 6.92 Å². The quantitative estimate of drug-likeness (QED) is 0.408. The van der Waals surface area contributed by atoms with Gasteiger partial charge in [-0.1, -0.05) is 80.1 Å². The Morgan fingerprint density at radius 1 is 0.919 bits per heavy atom. The summed E-state index contributed by atoms with van der Waals surface area (Å²) in [6.45, 7) is 5.48. The number of carbonyl (C=O) groups is 2. The van der Waals surface area contributed by atoms with Gasteiger partial charge in [0.05, 0.1) is 10.6 Å². The van der Waals surface area contributed by atoms with Crippen molar-refractivity contribution >= 4 is 27.5 Å². The molecular weight excluding hydrogens is 486 g/mol. The summed E-state index contributed by atoms with van der Waals surface area (Å²) in [6.07, 6.45) is 0.974. The molecule has 0 spiro atoms. The minimum absolute atomic E-state index is 0.0947. The monoisotopic (exact) mass is 521 g/mol. The molecule has 37 heavy (non-hydrogen) atoms. The molecule has 0 radical (unpaired) electrons. The molecule has 0 aromatic heterocycles. The van der Waals surface area contributed by atoms with Crippen LogP contribution in [-0.2, 0) is 32.6 Å². The van der Waals surface area contributed by atoms with Gasteiger partial charge in [0.2, 0.25) is 11.8 Å². The van der Waals surface area contributed by atoms with Crippen LogP contribution in [0.1, 0.15) is 37.0 Å². The van der Waals surface area contributed by atoms with E-state index in [0.717, 1.165) is 16.7 Å². The third kappa shape index (κ3) is 6.57. The lowest BCUT2D eigenvalue weighted by Crippen LogP contribution is -2.51. The van der Waals surface area contributed by atoms with E-state index in [2.05, 4.69) is 5.32 Å². The SMILES string of the molecule is CCc1ccccc1N(CC(=O)N(Cc1cccc(C)c1)[C@H](CC)C(=O)NC)S(=O)(=O)c1ccccc1. The number of rotatable bonds is 11. The van der Waals surface area contributed by atoms with Crippen LogP contribution in [0.3, 0.4) is 0 Å². The molecule has 0 saturated heterocycles. The normalized spacial score (nSPS) is 12.0. The van der Waals surface area contributed by atoms with Crippen molar-refractivity contribution in [2.45, 2.75) is 51.1 Å². The fraction of sp³-hybridized carbons (Fsp3) is 0.310. The molecule has 7 nitrogen and oxygen atoms in total. The van der Waals surface area contributed by atoms with Gasteiger partial charge in [-0.05, 0) is 49.1 Å². The molecule has 3 aromatic rings. The number of hydrogen-bond donors (Lipinski definition) is 1. The maximum absolute atomic E-state index is 14.0. The smallest absolute Gasteiger partial charge is 0.264 e. The molecule has 2 amide bonds. The lowest BCUT2D eigenvalue weighted by Gasteiger charge is -2.33. The fourth-order valence-electron chi connectivity index (χ4n) is 4.38. The molecule has 3 aromatic carbocycles. The molecule has 3 rings (SSSR count). The predicted octanol–water partition coefficient (Wildman–Crippen LogP) is 4.31. The summed E-state index contributed by atoms with van der Waals surface area (Å²) in [4.78, 5) is 28.3. The number of anilines is 1. The van der Waals surface area contributed by atoms with Gasteiger partial charge in [0.25, 0.3) is 10.0 Å². The Bertz CT molecular complexity index is 1330. The Kier molecular flexibility index (Phi) is 9.47. The molecule has 0 aliphatic rings. The number of nitrogens with one attached hydrogen (secondary N) is 1. The van der Waals surface area contributed by atoms with E-state index in [1.165, 1.54) is 28.4 Å². The highest BCUT2D eigenvalue weighted by Crippen LogP contribution is 2.28. The van der Waals surface area contributed by atoms with Crippen LogP contribution in [0.5, 0.6) is 0 Å². The molecule has 8 heteroatoms. The topological polar surface area (TPSA) is 86.8 Å². The molecule has 0 saturated carbocycles. The minimum Gasteiger partial charge on any atom is -0.357 e. The lowest BCUT2D eigenvalue weighted by atomic mass is 10.1.